The van der Waals surface area contributed by atoms with E-state index < -0.39 is 48.4 Å². The van der Waals surface area contributed by atoms with Gasteiger partial charge >= 0.3 is 30.1 Å². The molecule has 0 bridgehead atoms. The first-order valence-electron chi connectivity index (χ1n) is 10.6. The lowest BCUT2D eigenvalue weighted by atomic mass is 10.1. The Labute approximate surface area is 196 Å². The normalized spacial score (nSPS) is 21.4. The average molecular weight is 472 g/mol. The monoisotopic (exact) mass is 472 g/mol. The van der Waals surface area contributed by atoms with Crippen LogP contribution >= 0.6 is 0 Å². The molecule has 10 heteroatoms. The topological polar surface area (TPSA) is 118 Å². The highest BCUT2D eigenvalue weighted by Crippen LogP contribution is 2.31. The average Bonchev–Trinajstić information content (AvgIpc) is 3.12. The number of carbonyl (C=O) groups excluding carboxylic acids is 4. The van der Waals surface area contributed by atoms with Crippen molar-refractivity contribution in [1.29, 1.82) is 0 Å². The Morgan fingerprint density at radius 2 is 1.53 bits per heavy atom. The van der Waals surface area contributed by atoms with Crippen LogP contribution in [0.1, 0.15) is 42.9 Å². The van der Waals surface area contributed by atoms with E-state index in [0.29, 0.717) is 0 Å². The van der Waals surface area contributed by atoms with Crippen LogP contribution in [0.15, 0.2) is 54.9 Å². The molecule has 0 amide bonds. The molecule has 3 rings (SSSR count). The van der Waals surface area contributed by atoms with E-state index in [9.17, 15) is 19.2 Å². The van der Waals surface area contributed by atoms with Gasteiger partial charge in [-0.25, -0.2) is 4.79 Å². The largest absolute Gasteiger partial charge is 0.463 e. The van der Waals surface area contributed by atoms with E-state index in [1.54, 1.807) is 18.3 Å². The highest BCUT2D eigenvalue weighted by Gasteiger charge is 2.54. The molecule has 0 N–H and O–H groups in total. The summed E-state index contributed by atoms with van der Waals surface area (Å²) in [5.74, 6) is -2.35. The molecule has 0 radical (unpaired) electrons. The summed E-state index contributed by atoms with van der Waals surface area (Å²) in [5, 5.41) is 0. The molecule has 10 nitrogen and oxygen atoms in total. The zero-order valence-electron chi connectivity index (χ0n) is 19.0. The van der Waals surface area contributed by atoms with E-state index in [1.165, 1.54) is 31.5 Å². The smallest absolute Gasteiger partial charge is 0.344 e. The van der Waals surface area contributed by atoms with Crippen LogP contribution in [0.25, 0.3) is 0 Å². The Bertz CT molecular complexity index is 1040. The molecule has 2 heterocycles. The van der Waals surface area contributed by atoms with Crippen molar-refractivity contribution >= 4 is 23.9 Å². The van der Waals surface area contributed by atoms with Crippen molar-refractivity contribution in [1.82, 2.24) is 0 Å². The van der Waals surface area contributed by atoms with Gasteiger partial charge in [-0.05, 0) is 11.6 Å². The van der Waals surface area contributed by atoms with Crippen molar-refractivity contribution in [2.45, 2.75) is 51.9 Å². The van der Waals surface area contributed by atoms with Gasteiger partial charge in [-0.15, -0.1) is 0 Å². The van der Waals surface area contributed by atoms with Gasteiger partial charge in [-0.2, -0.15) is 4.57 Å². The molecule has 0 saturated carbocycles. The number of hydrogen-bond donors (Lipinski definition) is 0. The summed E-state index contributed by atoms with van der Waals surface area (Å²) in [6, 6.07) is 12.4. The van der Waals surface area contributed by atoms with Crippen LogP contribution in [-0.2, 0) is 44.7 Å². The van der Waals surface area contributed by atoms with E-state index in [0.717, 1.165) is 5.56 Å². The fourth-order valence-corrected chi connectivity index (χ4v) is 3.51. The predicted molar refractivity (Wildman–Crippen MR) is 114 cm³/mol. The summed E-state index contributed by atoms with van der Waals surface area (Å²) in [6.45, 7) is 3.53. The zero-order chi connectivity index (χ0) is 24.7. The van der Waals surface area contributed by atoms with E-state index >= 15 is 0 Å². The summed E-state index contributed by atoms with van der Waals surface area (Å²) in [5.41, 5.74) is 1.07. The summed E-state index contributed by atoms with van der Waals surface area (Å²) in [4.78, 5) is 47.4. The standard InChI is InChI=1S/C24H26NO9/c1-15(26)30-14-20-21(32-16(2)27)22(33-17(3)28)23(34-20)25-11-7-10-19(12-25)24(29)31-13-18-8-5-4-6-9-18/h4-12,20-23H,13-14H2,1-3H3/q+1/t20-,21-,22-,23-/m1/s1. The summed E-state index contributed by atoms with van der Waals surface area (Å²) in [6.07, 6.45) is -0.865. The zero-order valence-corrected chi connectivity index (χ0v) is 19.0. The predicted octanol–water partition coefficient (Wildman–Crippen LogP) is 1.65. The first-order valence-corrected chi connectivity index (χ1v) is 10.6. The van der Waals surface area contributed by atoms with Gasteiger partial charge in [0.25, 0.3) is 0 Å². The Morgan fingerprint density at radius 3 is 2.18 bits per heavy atom. The molecule has 0 spiro atoms. The maximum atomic E-state index is 12.6. The summed E-state index contributed by atoms with van der Waals surface area (Å²) >= 11 is 0. The molecule has 4 atom stereocenters. The van der Waals surface area contributed by atoms with E-state index in [2.05, 4.69) is 0 Å². The van der Waals surface area contributed by atoms with Crippen molar-refractivity contribution in [3.63, 3.8) is 0 Å². The number of ether oxygens (including phenoxy) is 5. The van der Waals surface area contributed by atoms with Crippen LogP contribution in [0.2, 0.25) is 0 Å². The number of nitrogens with zero attached hydrogens (tertiary/aromatic N) is 1. The Morgan fingerprint density at radius 1 is 0.853 bits per heavy atom. The Hall–Kier alpha value is -3.79. The van der Waals surface area contributed by atoms with Gasteiger partial charge in [0.05, 0.1) is 0 Å². The van der Waals surface area contributed by atoms with Gasteiger partial charge in [0.1, 0.15) is 24.9 Å². The molecule has 1 aliphatic rings. The van der Waals surface area contributed by atoms with Gasteiger partial charge in [-0.1, -0.05) is 30.3 Å². The number of hydrogen-bond acceptors (Lipinski definition) is 9. The quantitative estimate of drug-likeness (QED) is 0.321. The lowest BCUT2D eigenvalue weighted by Crippen LogP contribution is -2.48. The molecule has 1 aromatic carbocycles. The Kier molecular flexibility index (Phi) is 8.31. The number of pyridine rings is 1. The molecule has 1 aliphatic heterocycles. The van der Waals surface area contributed by atoms with Crippen molar-refractivity contribution in [3.05, 3.63) is 66.0 Å². The molecule has 2 aromatic rings. The van der Waals surface area contributed by atoms with Gasteiger partial charge < -0.3 is 23.7 Å². The molecular weight excluding hydrogens is 446 g/mol. The van der Waals surface area contributed by atoms with Crippen molar-refractivity contribution in [3.8, 4) is 0 Å². The minimum absolute atomic E-state index is 0.101. The number of benzene rings is 1. The molecule has 0 unspecified atom stereocenters. The minimum atomic E-state index is -1.05. The fraction of sp³-hybridized carbons (Fsp3) is 0.375. The first kappa shape index (κ1) is 24.8. The van der Waals surface area contributed by atoms with E-state index in [4.69, 9.17) is 23.7 Å². The number of rotatable bonds is 8. The van der Waals surface area contributed by atoms with Gasteiger partial charge in [-0.3, -0.25) is 14.4 Å². The number of carbonyl (C=O) groups is 4. The minimum Gasteiger partial charge on any atom is -0.463 e. The molecule has 1 fully saturated rings. The van der Waals surface area contributed by atoms with Crippen molar-refractivity contribution < 1.29 is 47.4 Å². The third-order valence-electron chi connectivity index (χ3n) is 4.90. The first-order chi connectivity index (χ1) is 16.2. The lowest BCUT2D eigenvalue weighted by Gasteiger charge is -2.21. The molecule has 34 heavy (non-hydrogen) atoms. The highest BCUT2D eigenvalue weighted by molar-refractivity contribution is 5.88. The fourth-order valence-electron chi connectivity index (χ4n) is 3.51. The number of esters is 4. The molecule has 1 saturated heterocycles. The third kappa shape index (κ3) is 6.61. The molecule has 0 aliphatic carbocycles. The van der Waals surface area contributed by atoms with Crippen molar-refractivity contribution in [2.75, 3.05) is 6.61 Å². The van der Waals surface area contributed by atoms with Crippen LogP contribution in [0.4, 0.5) is 0 Å². The SMILES string of the molecule is CC(=O)OC[C@H]1O[C@@H]([n+]2cccc(C(=O)OCc3ccccc3)c2)[C@H](OC(C)=O)[C@@H]1OC(C)=O. The van der Waals surface area contributed by atoms with Crippen LogP contribution in [0.3, 0.4) is 0 Å². The second kappa shape index (κ2) is 11.4. The second-order valence-corrected chi connectivity index (χ2v) is 7.62. The van der Waals surface area contributed by atoms with Gasteiger partial charge in [0, 0.05) is 26.8 Å². The maximum absolute atomic E-state index is 12.6. The molecular formula is C24H26NO9+. The van der Waals surface area contributed by atoms with Crippen molar-refractivity contribution in [2.24, 2.45) is 0 Å². The summed E-state index contributed by atoms with van der Waals surface area (Å²) < 4.78 is 28.7. The van der Waals surface area contributed by atoms with Gasteiger partial charge in [0.2, 0.25) is 6.10 Å². The molecule has 180 valence electrons. The lowest BCUT2D eigenvalue weighted by molar-refractivity contribution is -0.765. The third-order valence-corrected chi connectivity index (χ3v) is 4.90. The van der Waals surface area contributed by atoms with Crippen LogP contribution in [0, 0.1) is 0 Å². The second-order valence-electron chi connectivity index (χ2n) is 7.62. The summed E-state index contributed by atoms with van der Waals surface area (Å²) in [7, 11) is 0. The Balaban J connectivity index is 1.83. The van der Waals surface area contributed by atoms with Gasteiger partial charge in [0.15, 0.2) is 18.5 Å². The van der Waals surface area contributed by atoms with Crippen LogP contribution < -0.4 is 4.57 Å². The van der Waals surface area contributed by atoms with Crippen LogP contribution in [0.5, 0.6) is 0 Å². The van der Waals surface area contributed by atoms with E-state index in [1.807, 2.05) is 30.3 Å². The maximum Gasteiger partial charge on any atom is 0.344 e. The van der Waals surface area contributed by atoms with Crippen LogP contribution in [-0.4, -0.2) is 48.8 Å². The van der Waals surface area contributed by atoms with E-state index in [-0.39, 0.29) is 18.8 Å². The highest BCUT2D eigenvalue weighted by atomic mass is 16.7. The molecule has 1 aromatic heterocycles. The number of aromatic nitrogens is 1.